The van der Waals surface area contributed by atoms with E-state index in [0.717, 1.165) is 11.5 Å². The van der Waals surface area contributed by atoms with Gasteiger partial charge in [-0.25, -0.2) is 4.98 Å². The monoisotopic (exact) mass is 243 g/mol. The lowest BCUT2D eigenvalue weighted by Crippen LogP contribution is -2.06. The third-order valence-corrected chi connectivity index (χ3v) is 2.69. The van der Waals surface area contributed by atoms with E-state index in [2.05, 4.69) is 32.5 Å². The standard InChI is InChI=1S/C13H17N5/c1-9-4-5-15-7-11(9)8-16-12-6-10(2)17-13(14-3)18-12/h4-7H,8H2,1-3H3,(H2,14,16,17,18). The molecule has 0 aliphatic heterocycles. The largest absolute Gasteiger partial charge is 0.366 e. The summed E-state index contributed by atoms with van der Waals surface area (Å²) in [6.07, 6.45) is 3.67. The van der Waals surface area contributed by atoms with Crippen molar-refractivity contribution in [1.29, 1.82) is 0 Å². The van der Waals surface area contributed by atoms with Gasteiger partial charge in [-0.2, -0.15) is 4.98 Å². The van der Waals surface area contributed by atoms with Gasteiger partial charge in [0, 0.05) is 37.7 Å². The molecule has 2 heterocycles. The summed E-state index contributed by atoms with van der Waals surface area (Å²) in [5, 5.41) is 6.23. The topological polar surface area (TPSA) is 62.7 Å². The van der Waals surface area contributed by atoms with E-state index in [1.54, 1.807) is 6.20 Å². The molecule has 0 saturated heterocycles. The molecular weight excluding hydrogens is 226 g/mol. The van der Waals surface area contributed by atoms with Gasteiger partial charge < -0.3 is 10.6 Å². The maximum Gasteiger partial charge on any atom is 0.224 e. The van der Waals surface area contributed by atoms with Crippen LogP contribution in [0.1, 0.15) is 16.8 Å². The Bertz CT molecular complexity index is 539. The highest BCUT2D eigenvalue weighted by atomic mass is 15.1. The minimum atomic E-state index is 0.625. The second-order valence-corrected chi connectivity index (χ2v) is 4.12. The number of hydrogen-bond acceptors (Lipinski definition) is 5. The third-order valence-electron chi connectivity index (χ3n) is 2.69. The summed E-state index contributed by atoms with van der Waals surface area (Å²) < 4.78 is 0. The molecule has 0 unspecified atom stereocenters. The molecule has 0 fully saturated rings. The number of aromatic nitrogens is 3. The molecule has 0 aliphatic carbocycles. The summed E-state index contributed by atoms with van der Waals surface area (Å²) >= 11 is 0. The molecule has 0 atom stereocenters. The van der Waals surface area contributed by atoms with E-state index in [-0.39, 0.29) is 0 Å². The molecule has 18 heavy (non-hydrogen) atoms. The van der Waals surface area contributed by atoms with E-state index >= 15 is 0 Å². The number of nitrogens with one attached hydrogen (secondary N) is 2. The van der Waals surface area contributed by atoms with Crippen molar-refractivity contribution in [2.24, 2.45) is 0 Å². The Hall–Kier alpha value is -2.17. The summed E-state index contributed by atoms with van der Waals surface area (Å²) in [6.45, 7) is 4.73. The molecule has 0 spiro atoms. The Morgan fingerprint density at radius 3 is 2.78 bits per heavy atom. The number of pyridine rings is 1. The Kier molecular flexibility index (Phi) is 3.72. The molecule has 94 valence electrons. The van der Waals surface area contributed by atoms with Gasteiger partial charge in [0.05, 0.1) is 0 Å². The summed E-state index contributed by atoms with van der Waals surface area (Å²) in [7, 11) is 1.81. The molecule has 0 radical (unpaired) electrons. The fraction of sp³-hybridized carbons (Fsp3) is 0.308. The van der Waals surface area contributed by atoms with Gasteiger partial charge in [0.15, 0.2) is 0 Å². The van der Waals surface area contributed by atoms with E-state index in [4.69, 9.17) is 0 Å². The fourth-order valence-electron chi connectivity index (χ4n) is 1.64. The molecule has 0 aromatic carbocycles. The molecular formula is C13H17N5. The molecule has 2 rings (SSSR count). The lowest BCUT2D eigenvalue weighted by atomic mass is 10.1. The quantitative estimate of drug-likeness (QED) is 0.861. The summed E-state index contributed by atoms with van der Waals surface area (Å²) in [5.74, 6) is 1.44. The maximum atomic E-state index is 4.34. The minimum Gasteiger partial charge on any atom is -0.366 e. The lowest BCUT2D eigenvalue weighted by Gasteiger charge is -2.09. The third kappa shape index (κ3) is 2.94. The molecule has 5 heteroatoms. The Balaban J connectivity index is 2.11. The van der Waals surface area contributed by atoms with Crippen LogP contribution in [0, 0.1) is 13.8 Å². The van der Waals surface area contributed by atoms with E-state index in [0.29, 0.717) is 12.5 Å². The molecule has 5 nitrogen and oxygen atoms in total. The zero-order valence-electron chi connectivity index (χ0n) is 10.9. The average molecular weight is 243 g/mol. The summed E-state index contributed by atoms with van der Waals surface area (Å²) in [5.41, 5.74) is 3.32. The molecule has 2 aromatic rings. The van der Waals surface area contributed by atoms with Crippen LogP contribution >= 0.6 is 0 Å². The van der Waals surface area contributed by atoms with E-state index < -0.39 is 0 Å². The van der Waals surface area contributed by atoms with Gasteiger partial charge in [-0.3, -0.25) is 4.98 Å². The van der Waals surface area contributed by atoms with Crippen LogP contribution in [0.25, 0.3) is 0 Å². The first-order valence-corrected chi connectivity index (χ1v) is 5.86. The Morgan fingerprint density at radius 2 is 2.06 bits per heavy atom. The molecule has 0 bridgehead atoms. The Morgan fingerprint density at radius 1 is 1.22 bits per heavy atom. The van der Waals surface area contributed by atoms with E-state index in [1.807, 2.05) is 32.3 Å². The van der Waals surface area contributed by atoms with Crippen LogP contribution in [0.15, 0.2) is 24.5 Å². The Labute approximate surface area is 107 Å². The normalized spacial score (nSPS) is 10.2. The van der Waals surface area contributed by atoms with Gasteiger partial charge in [0.1, 0.15) is 5.82 Å². The highest BCUT2D eigenvalue weighted by Gasteiger charge is 2.02. The number of hydrogen-bond donors (Lipinski definition) is 2. The highest BCUT2D eigenvalue weighted by Crippen LogP contribution is 2.12. The van der Waals surface area contributed by atoms with Gasteiger partial charge in [0.25, 0.3) is 0 Å². The lowest BCUT2D eigenvalue weighted by molar-refractivity contribution is 1.03. The van der Waals surface area contributed by atoms with Crippen LogP contribution in [0.2, 0.25) is 0 Å². The van der Waals surface area contributed by atoms with Crippen LogP contribution < -0.4 is 10.6 Å². The van der Waals surface area contributed by atoms with Crippen molar-refractivity contribution in [3.63, 3.8) is 0 Å². The van der Waals surface area contributed by atoms with Crippen LogP contribution in [0.5, 0.6) is 0 Å². The van der Waals surface area contributed by atoms with Crippen molar-refractivity contribution in [2.75, 3.05) is 17.7 Å². The van der Waals surface area contributed by atoms with Crippen molar-refractivity contribution in [3.05, 3.63) is 41.3 Å². The number of rotatable bonds is 4. The van der Waals surface area contributed by atoms with Crippen molar-refractivity contribution >= 4 is 11.8 Å². The maximum absolute atomic E-state index is 4.34. The molecule has 2 aromatic heterocycles. The van der Waals surface area contributed by atoms with Gasteiger partial charge in [0.2, 0.25) is 5.95 Å². The van der Waals surface area contributed by atoms with Crippen LogP contribution in [-0.2, 0) is 6.54 Å². The van der Waals surface area contributed by atoms with Crippen molar-refractivity contribution < 1.29 is 0 Å². The summed E-state index contributed by atoms with van der Waals surface area (Å²) in [4.78, 5) is 12.7. The first-order chi connectivity index (χ1) is 8.69. The average Bonchev–Trinajstić information content (AvgIpc) is 2.37. The van der Waals surface area contributed by atoms with Crippen molar-refractivity contribution in [2.45, 2.75) is 20.4 Å². The highest BCUT2D eigenvalue weighted by molar-refractivity contribution is 5.42. The smallest absolute Gasteiger partial charge is 0.224 e. The van der Waals surface area contributed by atoms with Crippen LogP contribution in [0.4, 0.5) is 11.8 Å². The molecule has 0 amide bonds. The molecule has 0 aliphatic rings. The van der Waals surface area contributed by atoms with Gasteiger partial charge >= 0.3 is 0 Å². The predicted octanol–water partition coefficient (Wildman–Crippen LogP) is 2.14. The zero-order valence-corrected chi connectivity index (χ0v) is 10.9. The second-order valence-electron chi connectivity index (χ2n) is 4.12. The number of aryl methyl sites for hydroxylation is 2. The molecule has 0 saturated carbocycles. The van der Waals surface area contributed by atoms with Crippen molar-refractivity contribution in [3.8, 4) is 0 Å². The zero-order chi connectivity index (χ0) is 13.0. The first kappa shape index (κ1) is 12.3. The number of anilines is 2. The SMILES string of the molecule is CNc1nc(C)cc(NCc2cnccc2C)n1. The van der Waals surface area contributed by atoms with Crippen molar-refractivity contribution in [1.82, 2.24) is 15.0 Å². The first-order valence-electron chi connectivity index (χ1n) is 5.86. The fourth-order valence-corrected chi connectivity index (χ4v) is 1.64. The second kappa shape index (κ2) is 5.44. The van der Waals surface area contributed by atoms with Crippen LogP contribution in [0.3, 0.4) is 0 Å². The molecule has 2 N–H and O–H groups in total. The van der Waals surface area contributed by atoms with E-state index in [1.165, 1.54) is 11.1 Å². The van der Waals surface area contributed by atoms with Crippen LogP contribution in [-0.4, -0.2) is 22.0 Å². The van der Waals surface area contributed by atoms with Gasteiger partial charge in [-0.1, -0.05) is 0 Å². The van der Waals surface area contributed by atoms with Gasteiger partial charge in [-0.05, 0) is 31.0 Å². The minimum absolute atomic E-state index is 0.625. The van der Waals surface area contributed by atoms with Gasteiger partial charge in [-0.15, -0.1) is 0 Å². The number of nitrogens with zero attached hydrogens (tertiary/aromatic N) is 3. The van der Waals surface area contributed by atoms with E-state index in [9.17, 15) is 0 Å². The summed E-state index contributed by atoms with van der Waals surface area (Å²) in [6, 6.07) is 3.92. The predicted molar refractivity (Wildman–Crippen MR) is 72.6 cm³/mol.